The van der Waals surface area contributed by atoms with Gasteiger partial charge in [-0.15, -0.1) is 11.6 Å². The topological polar surface area (TPSA) is 20.3 Å². The maximum atomic E-state index is 12.0. The first-order valence-corrected chi connectivity index (χ1v) is 7.18. The zero-order valence-electron chi connectivity index (χ0n) is 9.19. The van der Waals surface area contributed by atoms with Gasteiger partial charge in [-0.1, -0.05) is 0 Å². The van der Waals surface area contributed by atoms with E-state index in [4.69, 9.17) is 11.6 Å². The molecule has 88 valence electrons. The SMILES string of the molecule is O=C(CCCCl)N1CCCC1c1ccsc1. The van der Waals surface area contributed by atoms with Gasteiger partial charge in [-0.3, -0.25) is 4.79 Å². The molecule has 1 fully saturated rings. The molecule has 2 nitrogen and oxygen atoms in total. The lowest BCUT2D eigenvalue weighted by Crippen LogP contribution is -2.30. The lowest BCUT2D eigenvalue weighted by Gasteiger charge is -2.24. The maximum absolute atomic E-state index is 12.0. The average Bonchev–Trinajstić information content (AvgIpc) is 2.94. The number of halogens is 1. The zero-order valence-corrected chi connectivity index (χ0v) is 10.8. The predicted molar refractivity (Wildman–Crippen MR) is 68.0 cm³/mol. The summed E-state index contributed by atoms with van der Waals surface area (Å²) < 4.78 is 0. The molecule has 1 amide bonds. The number of hydrogen-bond acceptors (Lipinski definition) is 2. The fraction of sp³-hybridized carbons (Fsp3) is 0.583. The quantitative estimate of drug-likeness (QED) is 0.757. The third-order valence-corrected chi connectivity index (χ3v) is 3.99. The van der Waals surface area contributed by atoms with Gasteiger partial charge in [0.2, 0.25) is 5.91 Å². The summed E-state index contributed by atoms with van der Waals surface area (Å²) in [5, 5.41) is 4.23. The van der Waals surface area contributed by atoms with Crippen LogP contribution in [0.2, 0.25) is 0 Å². The lowest BCUT2D eigenvalue weighted by atomic mass is 10.1. The van der Waals surface area contributed by atoms with Crippen LogP contribution in [0.3, 0.4) is 0 Å². The Labute approximate surface area is 105 Å². The number of hydrogen-bond donors (Lipinski definition) is 0. The van der Waals surface area contributed by atoms with Crippen LogP contribution >= 0.6 is 22.9 Å². The third-order valence-electron chi connectivity index (χ3n) is 3.03. The average molecular weight is 258 g/mol. The Kier molecular flexibility index (Phi) is 4.24. The van der Waals surface area contributed by atoms with Gasteiger partial charge < -0.3 is 4.90 Å². The van der Waals surface area contributed by atoms with Crippen LogP contribution in [0.1, 0.15) is 37.3 Å². The van der Waals surface area contributed by atoms with Gasteiger partial charge in [0, 0.05) is 18.8 Å². The van der Waals surface area contributed by atoms with Crippen molar-refractivity contribution in [1.82, 2.24) is 4.90 Å². The molecule has 2 rings (SSSR count). The molecule has 0 aromatic carbocycles. The van der Waals surface area contributed by atoms with E-state index in [1.54, 1.807) is 11.3 Å². The van der Waals surface area contributed by atoms with Crippen LogP contribution in [0.4, 0.5) is 0 Å². The fourth-order valence-electron chi connectivity index (χ4n) is 2.24. The molecule has 0 bridgehead atoms. The van der Waals surface area contributed by atoms with Crippen LogP contribution in [0.5, 0.6) is 0 Å². The maximum Gasteiger partial charge on any atom is 0.223 e. The van der Waals surface area contributed by atoms with Crippen molar-refractivity contribution in [1.29, 1.82) is 0 Å². The van der Waals surface area contributed by atoms with Gasteiger partial charge in [-0.25, -0.2) is 0 Å². The van der Waals surface area contributed by atoms with E-state index >= 15 is 0 Å². The van der Waals surface area contributed by atoms with Gasteiger partial charge in [0.1, 0.15) is 0 Å². The normalized spacial score (nSPS) is 20.3. The van der Waals surface area contributed by atoms with Gasteiger partial charge in [0.05, 0.1) is 6.04 Å². The Balaban J connectivity index is 2.01. The van der Waals surface area contributed by atoms with E-state index in [0.29, 0.717) is 18.3 Å². The van der Waals surface area contributed by atoms with Crippen LogP contribution in [0, 0.1) is 0 Å². The molecule has 4 heteroatoms. The molecule has 1 aromatic heterocycles. The number of carbonyl (C=O) groups is 1. The largest absolute Gasteiger partial charge is 0.336 e. The van der Waals surface area contributed by atoms with Crippen molar-refractivity contribution in [3.63, 3.8) is 0 Å². The van der Waals surface area contributed by atoms with E-state index in [1.807, 2.05) is 4.90 Å². The van der Waals surface area contributed by atoms with Crippen LogP contribution in [0.25, 0.3) is 0 Å². The first-order chi connectivity index (χ1) is 7.83. The third kappa shape index (κ3) is 2.58. The smallest absolute Gasteiger partial charge is 0.223 e. The fourth-order valence-corrected chi connectivity index (χ4v) is 3.08. The lowest BCUT2D eigenvalue weighted by molar-refractivity contribution is -0.132. The van der Waals surface area contributed by atoms with Gasteiger partial charge in [0.25, 0.3) is 0 Å². The molecular formula is C12H16ClNOS. The predicted octanol–water partition coefficient (Wildman–Crippen LogP) is 3.43. The monoisotopic (exact) mass is 257 g/mol. The molecule has 0 N–H and O–H groups in total. The first-order valence-electron chi connectivity index (χ1n) is 5.70. The van der Waals surface area contributed by atoms with Crippen LogP contribution in [0.15, 0.2) is 16.8 Å². The molecular weight excluding hydrogens is 242 g/mol. The minimum atomic E-state index is 0.259. The number of rotatable bonds is 4. The Morgan fingerprint density at radius 1 is 1.62 bits per heavy atom. The Bertz CT molecular complexity index is 339. The highest BCUT2D eigenvalue weighted by molar-refractivity contribution is 7.07. The molecule has 1 atom stereocenters. The molecule has 16 heavy (non-hydrogen) atoms. The van der Waals surface area contributed by atoms with Gasteiger partial charge in [-0.05, 0) is 41.7 Å². The number of thiophene rings is 1. The second kappa shape index (κ2) is 5.69. The van der Waals surface area contributed by atoms with Crippen molar-refractivity contribution in [3.05, 3.63) is 22.4 Å². The number of carbonyl (C=O) groups excluding carboxylic acids is 1. The van der Waals surface area contributed by atoms with Gasteiger partial charge in [-0.2, -0.15) is 11.3 Å². The summed E-state index contributed by atoms with van der Waals surface area (Å²) in [6.45, 7) is 0.904. The molecule has 2 heterocycles. The second-order valence-corrected chi connectivity index (χ2v) is 5.25. The number of nitrogens with zero attached hydrogens (tertiary/aromatic N) is 1. The summed E-state index contributed by atoms with van der Waals surface area (Å²) >= 11 is 7.32. The highest BCUT2D eigenvalue weighted by atomic mass is 35.5. The minimum absolute atomic E-state index is 0.259. The molecule has 1 unspecified atom stereocenters. The molecule has 0 spiro atoms. The Morgan fingerprint density at radius 3 is 3.19 bits per heavy atom. The zero-order chi connectivity index (χ0) is 11.4. The number of amides is 1. The number of likely N-dealkylation sites (tertiary alicyclic amines) is 1. The summed E-state index contributed by atoms with van der Waals surface area (Å²) in [6.07, 6.45) is 3.59. The van der Waals surface area contributed by atoms with Crippen LogP contribution < -0.4 is 0 Å². The summed E-state index contributed by atoms with van der Waals surface area (Å²) in [5.41, 5.74) is 1.29. The van der Waals surface area contributed by atoms with Crippen molar-refractivity contribution in [3.8, 4) is 0 Å². The van der Waals surface area contributed by atoms with Crippen LogP contribution in [-0.2, 0) is 4.79 Å². The van der Waals surface area contributed by atoms with E-state index in [0.717, 1.165) is 25.8 Å². The van der Waals surface area contributed by atoms with Crippen molar-refractivity contribution < 1.29 is 4.79 Å². The van der Waals surface area contributed by atoms with Crippen molar-refractivity contribution in [2.75, 3.05) is 12.4 Å². The highest BCUT2D eigenvalue weighted by Gasteiger charge is 2.29. The molecule has 1 saturated heterocycles. The molecule has 1 aliphatic rings. The van der Waals surface area contributed by atoms with E-state index in [1.165, 1.54) is 5.56 Å². The first kappa shape index (κ1) is 11.9. The van der Waals surface area contributed by atoms with E-state index in [9.17, 15) is 4.79 Å². The highest BCUT2D eigenvalue weighted by Crippen LogP contribution is 2.33. The molecule has 1 aliphatic heterocycles. The van der Waals surface area contributed by atoms with Crippen molar-refractivity contribution >= 4 is 28.8 Å². The minimum Gasteiger partial charge on any atom is -0.336 e. The second-order valence-electron chi connectivity index (χ2n) is 4.09. The molecule has 1 aromatic rings. The van der Waals surface area contributed by atoms with Crippen molar-refractivity contribution in [2.24, 2.45) is 0 Å². The van der Waals surface area contributed by atoms with Gasteiger partial charge in [0.15, 0.2) is 0 Å². The van der Waals surface area contributed by atoms with Crippen LogP contribution in [-0.4, -0.2) is 23.2 Å². The Hall–Kier alpha value is -0.540. The summed E-state index contributed by atoms with van der Waals surface area (Å²) in [4.78, 5) is 14.0. The van der Waals surface area contributed by atoms with Crippen molar-refractivity contribution in [2.45, 2.75) is 31.7 Å². The molecule has 0 radical (unpaired) electrons. The van der Waals surface area contributed by atoms with Gasteiger partial charge >= 0.3 is 0 Å². The van der Waals surface area contributed by atoms with E-state index < -0.39 is 0 Å². The summed E-state index contributed by atoms with van der Waals surface area (Å²) in [7, 11) is 0. The molecule has 0 aliphatic carbocycles. The standard InChI is InChI=1S/C12H16ClNOS/c13-6-1-4-12(15)14-7-2-3-11(14)10-5-8-16-9-10/h5,8-9,11H,1-4,6-7H2. The summed E-state index contributed by atoms with van der Waals surface area (Å²) in [5.74, 6) is 0.831. The number of alkyl halides is 1. The van der Waals surface area contributed by atoms with E-state index in [-0.39, 0.29) is 5.91 Å². The van der Waals surface area contributed by atoms with E-state index in [2.05, 4.69) is 16.8 Å². The summed E-state index contributed by atoms with van der Waals surface area (Å²) in [6, 6.07) is 2.44. The molecule has 0 saturated carbocycles. The Morgan fingerprint density at radius 2 is 2.50 bits per heavy atom.